The van der Waals surface area contributed by atoms with Crippen LogP contribution in [0.2, 0.25) is 0 Å². The third-order valence-electron chi connectivity index (χ3n) is 3.96. The highest BCUT2D eigenvalue weighted by molar-refractivity contribution is 5.95. The van der Waals surface area contributed by atoms with Gasteiger partial charge < -0.3 is 19.6 Å². The maximum Gasteiger partial charge on any atom is 0.349 e. The van der Waals surface area contributed by atoms with E-state index in [0.717, 1.165) is 17.7 Å². The molecule has 0 aliphatic rings. The van der Waals surface area contributed by atoms with Crippen LogP contribution in [0, 0.1) is 0 Å². The Labute approximate surface area is 166 Å². The number of amides is 1. The van der Waals surface area contributed by atoms with Crippen LogP contribution in [-0.4, -0.2) is 18.5 Å². The lowest BCUT2D eigenvalue weighted by molar-refractivity contribution is -0.128. The van der Waals surface area contributed by atoms with Crippen LogP contribution in [0.25, 0.3) is 17.0 Å². The van der Waals surface area contributed by atoms with Gasteiger partial charge in [-0.25, -0.2) is 9.59 Å². The highest BCUT2D eigenvalue weighted by Gasteiger charge is 2.11. The molecular weight excluding hydrogens is 374 g/mol. The minimum atomic E-state index is -0.869. The SMILES string of the molecule is CCCOc1ccc(/C=C/C(=O)Oc2ccc3cc(C(N)=O)c(=O)oc3c2)cc1. The van der Waals surface area contributed by atoms with Crippen molar-refractivity contribution in [2.45, 2.75) is 13.3 Å². The highest BCUT2D eigenvalue weighted by atomic mass is 16.5. The van der Waals surface area contributed by atoms with Crippen LogP contribution in [0.1, 0.15) is 29.3 Å². The number of rotatable bonds is 7. The van der Waals surface area contributed by atoms with Gasteiger partial charge in [-0.1, -0.05) is 19.1 Å². The summed E-state index contributed by atoms with van der Waals surface area (Å²) in [6.07, 6.45) is 3.84. The van der Waals surface area contributed by atoms with E-state index in [0.29, 0.717) is 12.0 Å². The topological polar surface area (TPSA) is 109 Å². The first kappa shape index (κ1) is 19.9. The molecular formula is C22H19NO6. The average molecular weight is 393 g/mol. The van der Waals surface area contributed by atoms with Crippen molar-refractivity contribution in [2.24, 2.45) is 5.73 Å². The van der Waals surface area contributed by atoms with E-state index in [-0.39, 0.29) is 16.9 Å². The van der Waals surface area contributed by atoms with Crippen LogP contribution in [-0.2, 0) is 4.79 Å². The van der Waals surface area contributed by atoms with Crippen molar-refractivity contribution in [1.82, 2.24) is 0 Å². The molecule has 2 aromatic carbocycles. The van der Waals surface area contributed by atoms with Crippen molar-refractivity contribution in [1.29, 1.82) is 0 Å². The van der Waals surface area contributed by atoms with Crippen molar-refractivity contribution in [3.8, 4) is 11.5 Å². The van der Waals surface area contributed by atoms with Gasteiger partial charge in [0.15, 0.2) is 0 Å². The fraction of sp³-hybridized carbons (Fsp3) is 0.136. The number of nitrogens with two attached hydrogens (primary N) is 1. The minimum Gasteiger partial charge on any atom is -0.494 e. The zero-order valence-corrected chi connectivity index (χ0v) is 15.7. The van der Waals surface area contributed by atoms with E-state index < -0.39 is 17.5 Å². The molecule has 7 nitrogen and oxygen atoms in total. The molecule has 7 heteroatoms. The summed E-state index contributed by atoms with van der Waals surface area (Å²) in [6.45, 7) is 2.68. The molecule has 0 unspecified atom stereocenters. The maximum absolute atomic E-state index is 12.1. The number of hydrogen-bond acceptors (Lipinski definition) is 6. The molecule has 0 spiro atoms. The summed E-state index contributed by atoms with van der Waals surface area (Å²) in [4.78, 5) is 35.0. The molecule has 3 aromatic rings. The molecule has 3 rings (SSSR count). The minimum absolute atomic E-state index is 0.178. The van der Waals surface area contributed by atoms with Crippen molar-refractivity contribution in [2.75, 3.05) is 6.61 Å². The molecule has 1 aromatic heterocycles. The lowest BCUT2D eigenvalue weighted by Gasteiger charge is -2.04. The van der Waals surface area contributed by atoms with Crippen LogP contribution >= 0.6 is 0 Å². The second-order valence-corrected chi connectivity index (χ2v) is 6.18. The van der Waals surface area contributed by atoms with E-state index in [2.05, 4.69) is 0 Å². The molecule has 29 heavy (non-hydrogen) atoms. The van der Waals surface area contributed by atoms with Gasteiger partial charge in [0.05, 0.1) is 6.61 Å². The van der Waals surface area contributed by atoms with Crippen LogP contribution in [0.15, 0.2) is 63.8 Å². The summed E-state index contributed by atoms with van der Waals surface area (Å²) in [6, 6.07) is 13.1. The Morgan fingerprint density at radius 2 is 1.79 bits per heavy atom. The van der Waals surface area contributed by atoms with Crippen molar-refractivity contribution in [3.05, 3.63) is 76.2 Å². The van der Waals surface area contributed by atoms with Crippen molar-refractivity contribution in [3.63, 3.8) is 0 Å². The normalized spacial score (nSPS) is 10.9. The fourth-order valence-electron chi connectivity index (χ4n) is 2.54. The molecule has 0 radical (unpaired) electrons. The zero-order chi connectivity index (χ0) is 20.8. The van der Waals surface area contributed by atoms with E-state index in [1.54, 1.807) is 12.1 Å². The molecule has 0 saturated heterocycles. The molecule has 0 saturated carbocycles. The highest BCUT2D eigenvalue weighted by Crippen LogP contribution is 2.21. The number of primary amides is 1. The predicted octanol–water partition coefficient (Wildman–Crippen LogP) is 3.30. The average Bonchev–Trinajstić information content (AvgIpc) is 2.70. The van der Waals surface area contributed by atoms with E-state index >= 15 is 0 Å². The summed E-state index contributed by atoms with van der Waals surface area (Å²) in [5, 5.41) is 0.485. The Morgan fingerprint density at radius 1 is 1.07 bits per heavy atom. The zero-order valence-electron chi connectivity index (χ0n) is 15.7. The lowest BCUT2D eigenvalue weighted by atomic mass is 10.1. The van der Waals surface area contributed by atoms with Gasteiger partial charge in [0, 0.05) is 17.5 Å². The molecule has 0 bridgehead atoms. The summed E-state index contributed by atoms with van der Waals surface area (Å²) < 4.78 is 15.8. The number of hydrogen-bond donors (Lipinski definition) is 1. The summed E-state index contributed by atoms with van der Waals surface area (Å²) >= 11 is 0. The second-order valence-electron chi connectivity index (χ2n) is 6.18. The van der Waals surface area contributed by atoms with Crippen molar-refractivity contribution < 1.29 is 23.5 Å². The monoisotopic (exact) mass is 393 g/mol. The molecule has 1 heterocycles. The van der Waals surface area contributed by atoms with Crippen molar-refractivity contribution >= 4 is 28.9 Å². The van der Waals surface area contributed by atoms with Gasteiger partial charge in [-0.2, -0.15) is 0 Å². The Morgan fingerprint density at radius 3 is 2.48 bits per heavy atom. The van der Waals surface area contributed by atoms with Gasteiger partial charge in [0.2, 0.25) is 0 Å². The van der Waals surface area contributed by atoms with E-state index in [9.17, 15) is 14.4 Å². The first-order valence-corrected chi connectivity index (χ1v) is 8.96. The van der Waals surface area contributed by atoms with Gasteiger partial charge in [0.25, 0.3) is 5.91 Å². The summed E-state index contributed by atoms with van der Waals surface area (Å²) in [5.41, 5.74) is 5.03. The quantitative estimate of drug-likeness (QED) is 0.285. The van der Waals surface area contributed by atoms with Crippen LogP contribution in [0.3, 0.4) is 0 Å². The molecule has 0 atom stereocenters. The Kier molecular flexibility index (Phi) is 6.09. The predicted molar refractivity (Wildman–Crippen MR) is 108 cm³/mol. The third-order valence-corrected chi connectivity index (χ3v) is 3.96. The number of carbonyl (C=O) groups excluding carboxylic acids is 2. The number of ether oxygens (including phenoxy) is 2. The van der Waals surface area contributed by atoms with E-state index in [4.69, 9.17) is 19.6 Å². The number of fused-ring (bicyclic) bond motifs is 1. The number of carbonyl (C=O) groups is 2. The van der Waals surface area contributed by atoms with Gasteiger partial charge in [0.1, 0.15) is 22.6 Å². The molecule has 0 fully saturated rings. The maximum atomic E-state index is 12.1. The fourth-order valence-corrected chi connectivity index (χ4v) is 2.54. The number of esters is 1. The third kappa shape index (κ3) is 5.10. The molecule has 0 aliphatic carbocycles. The van der Waals surface area contributed by atoms with Gasteiger partial charge in [-0.3, -0.25) is 4.79 Å². The first-order chi connectivity index (χ1) is 14.0. The molecule has 1 amide bonds. The molecule has 2 N–H and O–H groups in total. The number of benzene rings is 2. The lowest BCUT2D eigenvalue weighted by Crippen LogP contribution is -2.20. The molecule has 0 aliphatic heterocycles. The second kappa shape index (κ2) is 8.88. The standard InChI is InChI=1S/C22H19NO6/c1-2-11-27-16-7-3-14(4-8-16)5-10-20(24)28-17-9-6-15-12-18(21(23)25)22(26)29-19(15)13-17/h3-10,12-13H,2,11H2,1H3,(H2,23,25)/b10-5+. The first-order valence-electron chi connectivity index (χ1n) is 8.96. The molecule has 148 valence electrons. The van der Waals surface area contributed by atoms with Crippen LogP contribution < -0.4 is 20.8 Å². The smallest absolute Gasteiger partial charge is 0.349 e. The Balaban J connectivity index is 1.69. The summed E-state index contributed by atoms with van der Waals surface area (Å²) in [5.74, 6) is -0.493. The summed E-state index contributed by atoms with van der Waals surface area (Å²) in [7, 11) is 0. The Bertz CT molecular complexity index is 1130. The van der Waals surface area contributed by atoms with E-state index in [1.165, 1.54) is 24.3 Å². The van der Waals surface area contributed by atoms with Crippen LogP contribution in [0.5, 0.6) is 11.5 Å². The van der Waals surface area contributed by atoms with Crippen LogP contribution in [0.4, 0.5) is 0 Å². The van der Waals surface area contributed by atoms with Gasteiger partial charge >= 0.3 is 11.6 Å². The van der Waals surface area contributed by atoms with Gasteiger partial charge in [-0.05, 0) is 48.4 Å². The van der Waals surface area contributed by atoms with E-state index in [1.807, 2.05) is 31.2 Å². The largest absolute Gasteiger partial charge is 0.494 e. The Hall–Kier alpha value is -3.87. The van der Waals surface area contributed by atoms with Gasteiger partial charge in [-0.15, -0.1) is 0 Å².